The number of nitrogens with one attached hydrogen (secondary N) is 1. The molecule has 2 N–H and O–H groups in total. The number of hydrogen-bond donors (Lipinski definition) is 2. The third-order valence-electron chi connectivity index (χ3n) is 4.75. The molecule has 1 amide bonds. The van der Waals surface area contributed by atoms with Gasteiger partial charge in [-0.25, -0.2) is 4.79 Å². The zero-order valence-electron chi connectivity index (χ0n) is 21.6. The second kappa shape index (κ2) is 13.2. The van der Waals surface area contributed by atoms with Crippen LogP contribution >= 0.6 is 15.9 Å². The first-order chi connectivity index (χ1) is 16.9. The average Bonchev–Trinajstić information content (AvgIpc) is 2.77. The Kier molecular flexibility index (Phi) is 10.6. The van der Waals surface area contributed by atoms with E-state index in [-0.39, 0.29) is 24.7 Å². The van der Waals surface area contributed by atoms with Crippen molar-refractivity contribution in [2.75, 3.05) is 6.61 Å². The largest absolute Gasteiger partial charge is 0.512 e. The zero-order valence-corrected chi connectivity index (χ0v) is 23.2. The quantitative estimate of drug-likeness (QED) is 0.198. The number of aliphatic hydroxyl groups excluding tert-OH is 1. The van der Waals surface area contributed by atoms with Gasteiger partial charge in [0.05, 0.1) is 18.8 Å². The SMILES string of the molecule is CCOC(=O)Cc1ccc(Br)cc1O/C(C)=C/C(=C(\C)O)c1cccc(CNC(=O)OC(C)(C)C)c1. The van der Waals surface area contributed by atoms with E-state index in [4.69, 9.17) is 14.2 Å². The molecular weight excluding hydrogens is 526 g/mol. The molecular formula is C28H34BrNO6. The summed E-state index contributed by atoms with van der Waals surface area (Å²) in [5.74, 6) is 0.793. The van der Waals surface area contributed by atoms with Crippen LogP contribution in [0.25, 0.3) is 5.57 Å². The zero-order chi connectivity index (χ0) is 26.9. The third kappa shape index (κ3) is 9.77. The molecule has 0 aliphatic heterocycles. The van der Waals surface area contributed by atoms with Crippen LogP contribution in [0.3, 0.4) is 0 Å². The molecule has 0 aromatic heterocycles. The van der Waals surface area contributed by atoms with Gasteiger partial charge < -0.3 is 24.6 Å². The van der Waals surface area contributed by atoms with Crippen LogP contribution < -0.4 is 10.1 Å². The summed E-state index contributed by atoms with van der Waals surface area (Å²) in [6.07, 6.45) is 1.31. The number of amides is 1. The highest BCUT2D eigenvalue weighted by Gasteiger charge is 2.16. The smallest absolute Gasteiger partial charge is 0.407 e. The number of benzene rings is 2. The standard InChI is InChI=1S/C28H34BrNO6/c1-7-34-26(32)15-22-11-12-23(29)16-25(22)35-18(2)13-24(19(3)31)21-10-8-9-20(14-21)17-30-27(33)36-28(4,5)6/h8-14,16,31H,7,15,17H2,1-6H3,(H,30,33)/b18-13+,24-19-. The van der Waals surface area contributed by atoms with Gasteiger partial charge in [0.15, 0.2) is 0 Å². The first-order valence-corrected chi connectivity index (χ1v) is 12.4. The Morgan fingerprint density at radius 2 is 1.83 bits per heavy atom. The number of carbonyl (C=O) groups is 2. The molecule has 7 nitrogen and oxygen atoms in total. The van der Waals surface area contributed by atoms with Crippen LogP contribution in [0.4, 0.5) is 4.79 Å². The van der Waals surface area contributed by atoms with Crippen LogP contribution in [0.15, 0.2) is 64.5 Å². The van der Waals surface area contributed by atoms with E-state index in [0.717, 1.165) is 15.6 Å². The van der Waals surface area contributed by atoms with Gasteiger partial charge in [0.25, 0.3) is 0 Å². The number of allylic oxidation sites excluding steroid dienone is 4. The molecule has 36 heavy (non-hydrogen) atoms. The van der Waals surface area contributed by atoms with Crippen molar-refractivity contribution in [2.24, 2.45) is 0 Å². The van der Waals surface area contributed by atoms with Gasteiger partial charge in [-0.1, -0.05) is 40.2 Å². The maximum Gasteiger partial charge on any atom is 0.407 e. The van der Waals surface area contributed by atoms with Gasteiger partial charge in [0.2, 0.25) is 0 Å². The first-order valence-electron chi connectivity index (χ1n) is 11.6. The lowest BCUT2D eigenvalue weighted by Crippen LogP contribution is -2.32. The predicted molar refractivity (Wildman–Crippen MR) is 144 cm³/mol. The summed E-state index contributed by atoms with van der Waals surface area (Å²) in [6.45, 7) is 11.1. The van der Waals surface area contributed by atoms with Crippen molar-refractivity contribution in [3.8, 4) is 5.75 Å². The molecule has 0 aliphatic carbocycles. The number of rotatable bonds is 9. The molecule has 8 heteroatoms. The van der Waals surface area contributed by atoms with Crippen LogP contribution in [0.1, 0.15) is 58.2 Å². The second-order valence-corrected chi connectivity index (χ2v) is 10.1. The van der Waals surface area contributed by atoms with Gasteiger partial charge >= 0.3 is 12.1 Å². The van der Waals surface area contributed by atoms with E-state index >= 15 is 0 Å². The molecule has 0 radical (unpaired) electrons. The predicted octanol–water partition coefficient (Wildman–Crippen LogP) is 6.85. The fourth-order valence-corrected chi connectivity index (χ4v) is 3.62. The Morgan fingerprint density at radius 3 is 2.47 bits per heavy atom. The van der Waals surface area contributed by atoms with E-state index in [1.165, 1.54) is 0 Å². The maximum atomic E-state index is 12.0. The number of carbonyl (C=O) groups excluding carboxylic acids is 2. The topological polar surface area (TPSA) is 94.1 Å². The summed E-state index contributed by atoms with van der Waals surface area (Å²) in [5.41, 5.74) is 2.26. The van der Waals surface area contributed by atoms with Crippen molar-refractivity contribution in [1.82, 2.24) is 5.32 Å². The Balaban J connectivity index is 2.23. The van der Waals surface area contributed by atoms with Gasteiger partial charge in [-0.3, -0.25) is 4.79 Å². The molecule has 2 aromatic carbocycles. The van der Waals surface area contributed by atoms with Gasteiger partial charge in [0.1, 0.15) is 17.1 Å². The first kappa shape index (κ1) is 29.0. The normalized spacial score (nSPS) is 12.5. The van der Waals surface area contributed by atoms with Crippen molar-refractivity contribution < 1.29 is 28.9 Å². The van der Waals surface area contributed by atoms with Gasteiger partial charge in [-0.05, 0) is 76.9 Å². The lowest BCUT2D eigenvalue weighted by Gasteiger charge is -2.19. The van der Waals surface area contributed by atoms with E-state index < -0.39 is 11.7 Å². The minimum Gasteiger partial charge on any atom is -0.512 e. The molecule has 194 valence electrons. The lowest BCUT2D eigenvalue weighted by molar-refractivity contribution is -0.142. The molecule has 0 bridgehead atoms. The number of hydrogen-bond acceptors (Lipinski definition) is 6. The van der Waals surface area contributed by atoms with E-state index in [2.05, 4.69) is 21.2 Å². The Labute approximate surface area is 221 Å². The van der Waals surface area contributed by atoms with Crippen molar-refractivity contribution in [1.29, 1.82) is 0 Å². The summed E-state index contributed by atoms with van der Waals surface area (Å²) >= 11 is 3.44. The molecule has 0 unspecified atom stereocenters. The van der Waals surface area contributed by atoms with Gasteiger partial charge in [-0.2, -0.15) is 0 Å². The minimum atomic E-state index is -0.581. The molecule has 0 saturated carbocycles. The molecule has 0 spiro atoms. The van der Waals surface area contributed by atoms with Crippen molar-refractivity contribution in [3.63, 3.8) is 0 Å². The van der Waals surface area contributed by atoms with E-state index in [0.29, 0.717) is 29.3 Å². The number of halogens is 1. The Morgan fingerprint density at radius 1 is 1.11 bits per heavy atom. The van der Waals surface area contributed by atoms with Crippen LogP contribution in [0.2, 0.25) is 0 Å². The van der Waals surface area contributed by atoms with Crippen molar-refractivity contribution in [3.05, 3.63) is 81.2 Å². The maximum absolute atomic E-state index is 12.0. The highest BCUT2D eigenvalue weighted by atomic mass is 79.9. The number of alkyl carbamates (subject to hydrolysis) is 1. The van der Waals surface area contributed by atoms with E-state index in [1.54, 1.807) is 59.8 Å². The number of ether oxygens (including phenoxy) is 3. The van der Waals surface area contributed by atoms with E-state index in [1.807, 2.05) is 30.3 Å². The number of aliphatic hydroxyl groups is 1. The van der Waals surface area contributed by atoms with E-state index in [9.17, 15) is 14.7 Å². The molecule has 0 aliphatic rings. The molecule has 0 atom stereocenters. The third-order valence-corrected chi connectivity index (χ3v) is 5.24. The molecule has 2 aromatic rings. The Hall–Kier alpha value is -3.26. The summed E-state index contributed by atoms with van der Waals surface area (Å²) in [7, 11) is 0. The molecule has 0 fully saturated rings. The number of esters is 1. The van der Waals surface area contributed by atoms with Gasteiger partial charge in [-0.15, -0.1) is 0 Å². The fourth-order valence-electron chi connectivity index (χ4n) is 3.28. The van der Waals surface area contributed by atoms with Crippen LogP contribution in [0.5, 0.6) is 5.75 Å². The summed E-state index contributed by atoms with van der Waals surface area (Å²) in [6, 6.07) is 12.9. The summed E-state index contributed by atoms with van der Waals surface area (Å²) in [4.78, 5) is 24.0. The monoisotopic (exact) mass is 559 g/mol. The highest BCUT2D eigenvalue weighted by molar-refractivity contribution is 9.10. The minimum absolute atomic E-state index is 0.0815. The fraction of sp³-hybridized carbons (Fsp3) is 0.357. The summed E-state index contributed by atoms with van der Waals surface area (Å²) in [5, 5.41) is 13.2. The molecule has 2 rings (SSSR count). The van der Waals surface area contributed by atoms with Crippen LogP contribution in [-0.2, 0) is 27.2 Å². The highest BCUT2D eigenvalue weighted by Crippen LogP contribution is 2.28. The van der Waals surface area contributed by atoms with Crippen LogP contribution in [0, 0.1) is 0 Å². The molecule has 0 saturated heterocycles. The average molecular weight is 560 g/mol. The van der Waals surface area contributed by atoms with Gasteiger partial charge in [0, 0.05) is 22.2 Å². The Bertz CT molecular complexity index is 1140. The lowest BCUT2D eigenvalue weighted by atomic mass is 10.0. The summed E-state index contributed by atoms with van der Waals surface area (Å²) < 4.78 is 17.2. The second-order valence-electron chi connectivity index (χ2n) is 9.15. The molecule has 0 heterocycles. The van der Waals surface area contributed by atoms with Crippen molar-refractivity contribution in [2.45, 2.75) is 60.1 Å². The van der Waals surface area contributed by atoms with Crippen molar-refractivity contribution >= 4 is 33.6 Å². The van der Waals surface area contributed by atoms with Crippen LogP contribution in [-0.4, -0.2) is 29.4 Å².